The molecule has 0 aromatic heterocycles. The van der Waals surface area contributed by atoms with Crippen molar-refractivity contribution in [2.75, 3.05) is 32.9 Å². The first-order valence-electron chi connectivity index (χ1n) is 10.0. The number of ether oxygens (including phenoxy) is 3. The summed E-state index contributed by atoms with van der Waals surface area (Å²) in [5.74, 6) is 1.49. The fraction of sp³-hybridized carbons (Fsp3) is 0.600. The van der Waals surface area contributed by atoms with E-state index in [9.17, 15) is 9.59 Å². The Hall–Kier alpha value is -2.64. The van der Waals surface area contributed by atoms with Crippen LogP contribution in [0.3, 0.4) is 0 Å². The Morgan fingerprint density at radius 2 is 1.89 bits per heavy atom. The second-order valence-corrected chi connectivity index (χ2v) is 7.50. The molecule has 2 aliphatic heterocycles. The SMILES string of the molecule is CCOC(=O)N1CCC(NC(=O)NC2(c3ccc4c(c3)OCCO4)CC2)CC1. The lowest BCUT2D eigenvalue weighted by atomic mass is 10.0. The zero-order valence-electron chi connectivity index (χ0n) is 16.2. The molecule has 1 aliphatic carbocycles. The highest BCUT2D eigenvalue weighted by atomic mass is 16.6. The molecule has 0 atom stereocenters. The van der Waals surface area contributed by atoms with Gasteiger partial charge in [-0.3, -0.25) is 0 Å². The van der Waals surface area contributed by atoms with Gasteiger partial charge < -0.3 is 29.7 Å². The molecule has 0 spiro atoms. The van der Waals surface area contributed by atoms with Gasteiger partial charge in [-0.05, 0) is 50.3 Å². The van der Waals surface area contributed by atoms with E-state index in [1.54, 1.807) is 11.8 Å². The Kier molecular flexibility index (Phi) is 5.19. The molecule has 0 unspecified atom stereocenters. The number of amides is 3. The van der Waals surface area contributed by atoms with Crippen LogP contribution in [-0.2, 0) is 10.3 Å². The first-order valence-corrected chi connectivity index (χ1v) is 10.0. The second-order valence-electron chi connectivity index (χ2n) is 7.50. The number of rotatable bonds is 4. The van der Waals surface area contributed by atoms with Crippen LogP contribution in [0.25, 0.3) is 0 Å². The van der Waals surface area contributed by atoms with Crippen LogP contribution < -0.4 is 20.1 Å². The van der Waals surface area contributed by atoms with Crippen molar-refractivity contribution >= 4 is 12.1 Å². The Labute approximate surface area is 164 Å². The van der Waals surface area contributed by atoms with Crippen molar-refractivity contribution < 1.29 is 23.8 Å². The zero-order valence-corrected chi connectivity index (χ0v) is 16.2. The van der Waals surface area contributed by atoms with Gasteiger partial charge in [-0.1, -0.05) is 6.07 Å². The van der Waals surface area contributed by atoms with E-state index in [0.29, 0.717) is 32.9 Å². The Morgan fingerprint density at radius 3 is 2.57 bits per heavy atom. The van der Waals surface area contributed by atoms with Crippen LogP contribution in [0.2, 0.25) is 0 Å². The van der Waals surface area contributed by atoms with Gasteiger partial charge in [0.1, 0.15) is 13.2 Å². The number of carbonyl (C=O) groups is 2. The lowest BCUT2D eigenvalue weighted by Crippen LogP contribution is -2.51. The van der Waals surface area contributed by atoms with Crippen molar-refractivity contribution in [3.8, 4) is 11.5 Å². The number of hydrogen-bond acceptors (Lipinski definition) is 5. The Morgan fingerprint density at radius 1 is 1.18 bits per heavy atom. The summed E-state index contributed by atoms with van der Waals surface area (Å²) in [4.78, 5) is 26.0. The summed E-state index contributed by atoms with van der Waals surface area (Å²) >= 11 is 0. The molecule has 3 amide bonds. The number of urea groups is 1. The van der Waals surface area contributed by atoms with Crippen molar-refractivity contribution in [1.82, 2.24) is 15.5 Å². The van der Waals surface area contributed by atoms with E-state index in [1.165, 1.54) is 0 Å². The third-order valence-electron chi connectivity index (χ3n) is 5.55. The van der Waals surface area contributed by atoms with E-state index in [0.717, 1.165) is 42.7 Å². The van der Waals surface area contributed by atoms with Gasteiger partial charge in [0.05, 0.1) is 12.1 Å². The maximum Gasteiger partial charge on any atom is 0.409 e. The molecular formula is C20H27N3O5. The normalized spacial score (nSPS) is 20.2. The quantitative estimate of drug-likeness (QED) is 0.825. The van der Waals surface area contributed by atoms with Crippen molar-refractivity contribution in [2.45, 2.75) is 44.2 Å². The molecule has 2 fully saturated rings. The molecule has 152 valence electrons. The summed E-state index contributed by atoms with van der Waals surface area (Å²) in [7, 11) is 0. The standard InChI is InChI=1S/C20H27N3O5/c1-2-26-19(25)23-9-5-15(6-10-23)21-18(24)22-20(7-8-20)14-3-4-16-17(13-14)28-12-11-27-16/h3-4,13,15H,2,5-12H2,1H3,(H2,21,22,24). The molecule has 8 nitrogen and oxygen atoms in total. The molecule has 2 N–H and O–H groups in total. The smallest absolute Gasteiger partial charge is 0.409 e. The maximum atomic E-state index is 12.6. The van der Waals surface area contributed by atoms with Crippen molar-refractivity contribution in [3.05, 3.63) is 23.8 Å². The number of hydrogen-bond donors (Lipinski definition) is 2. The minimum absolute atomic E-state index is 0.0572. The van der Waals surface area contributed by atoms with Gasteiger partial charge in [-0.2, -0.15) is 0 Å². The lowest BCUT2D eigenvalue weighted by Gasteiger charge is -2.32. The number of nitrogens with zero attached hydrogens (tertiary/aromatic N) is 1. The van der Waals surface area contributed by atoms with Crippen LogP contribution in [0.5, 0.6) is 11.5 Å². The molecule has 1 aromatic carbocycles. The Balaban J connectivity index is 1.30. The highest BCUT2D eigenvalue weighted by Gasteiger charge is 2.46. The van der Waals surface area contributed by atoms with Crippen LogP contribution in [0.4, 0.5) is 9.59 Å². The van der Waals surface area contributed by atoms with Gasteiger partial charge in [0, 0.05) is 19.1 Å². The largest absolute Gasteiger partial charge is 0.486 e. The van der Waals surface area contributed by atoms with Crippen LogP contribution in [0, 0.1) is 0 Å². The average Bonchev–Trinajstić information content (AvgIpc) is 3.49. The van der Waals surface area contributed by atoms with Crippen LogP contribution in [0.15, 0.2) is 18.2 Å². The van der Waals surface area contributed by atoms with E-state index in [1.807, 2.05) is 18.2 Å². The van der Waals surface area contributed by atoms with Gasteiger partial charge in [0.2, 0.25) is 0 Å². The molecule has 28 heavy (non-hydrogen) atoms. The number of fused-ring (bicyclic) bond motifs is 1. The van der Waals surface area contributed by atoms with E-state index in [2.05, 4.69) is 10.6 Å². The monoisotopic (exact) mass is 389 g/mol. The summed E-state index contributed by atoms with van der Waals surface area (Å²) in [6.07, 6.45) is 2.98. The van der Waals surface area contributed by atoms with E-state index >= 15 is 0 Å². The molecule has 1 saturated carbocycles. The summed E-state index contributed by atoms with van der Waals surface area (Å²) < 4.78 is 16.3. The average molecular weight is 389 g/mol. The minimum atomic E-state index is -0.328. The molecule has 4 rings (SSSR count). The van der Waals surface area contributed by atoms with E-state index in [-0.39, 0.29) is 23.7 Å². The number of piperidine rings is 1. The van der Waals surface area contributed by atoms with Crippen LogP contribution in [0.1, 0.15) is 38.2 Å². The fourth-order valence-corrected chi connectivity index (χ4v) is 3.81. The fourth-order valence-electron chi connectivity index (χ4n) is 3.81. The summed E-state index contributed by atoms with van der Waals surface area (Å²) in [6.45, 7) is 4.47. The minimum Gasteiger partial charge on any atom is -0.486 e. The molecule has 0 radical (unpaired) electrons. The van der Waals surface area contributed by atoms with Gasteiger partial charge in [-0.15, -0.1) is 0 Å². The molecule has 3 aliphatic rings. The van der Waals surface area contributed by atoms with Crippen LogP contribution in [-0.4, -0.2) is 56.0 Å². The number of carbonyl (C=O) groups excluding carboxylic acids is 2. The number of likely N-dealkylation sites (tertiary alicyclic amines) is 1. The van der Waals surface area contributed by atoms with Gasteiger partial charge in [0.25, 0.3) is 0 Å². The van der Waals surface area contributed by atoms with Crippen molar-refractivity contribution in [3.63, 3.8) is 0 Å². The molecule has 0 bridgehead atoms. The first kappa shape index (κ1) is 18.7. The van der Waals surface area contributed by atoms with Crippen molar-refractivity contribution in [1.29, 1.82) is 0 Å². The Bertz CT molecular complexity index is 741. The summed E-state index contributed by atoms with van der Waals surface area (Å²) in [5.41, 5.74) is 0.718. The van der Waals surface area contributed by atoms with E-state index in [4.69, 9.17) is 14.2 Å². The predicted octanol–water partition coefficient (Wildman–Crippen LogP) is 2.37. The predicted molar refractivity (Wildman–Crippen MR) is 102 cm³/mol. The molecule has 8 heteroatoms. The maximum absolute atomic E-state index is 12.6. The highest BCUT2D eigenvalue weighted by Crippen LogP contribution is 2.47. The van der Waals surface area contributed by atoms with Gasteiger partial charge in [0.15, 0.2) is 11.5 Å². The molecular weight excluding hydrogens is 362 g/mol. The molecule has 2 heterocycles. The lowest BCUT2D eigenvalue weighted by molar-refractivity contribution is 0.0957. The van der Waals surface area contributed by atoms with Gasteiger partial charge >= 0.3 is 12.1 Å². The van der Waals surface area contributed by atoms with E-state index < -0.39 is 0 Å². The highest BCUT2D eigenvalue weighted by molar-refractivity contribution is 5.76. The third kappa shape index (κ3) is 3.95. The number of nitrogens with one attached hydrogen (secondary N) is 2. The molecule has 1 aromatic rings. The topological polar surface area (TPSA) is 89.1 Å². The summed E-state index contributed by atoms with van der Waals surface area (Å²) in [5, 5.41) is 6.19. The number of benzene rings is 1. The van der Waals surface area contributed by atoms with Crippen molar-refractivity contribution in [2.24, 2.45) is 0 Å². The third-order valence-corrected chi connectivity index (χ3v) is 5.55. The first-order chi connectivity index (χ1) is 13.6. The summed E-state index contributed by atoms with van der Waals surface area (Å²) in [6, 6.07) is 5.77. The van der Waals surface area contributed by atoms with Gasteiger partial charge in [-0.25, -0.2) is 9.59 Å². The zero-order chi connectivity index (χ0) is 19.6. The van der Waals surface area contributed by atoms with Crippen LogP contribution >= 0.6 is 0 Å². The molecule has 1 saturated heterocycles. The second kappa shape index (κ2) is 7.77.